The SMILES string of the molecule is C/C=C/Cn1cc(-c2cccc(C(=O)N(C)C)c2)c2cc[nH]c2c1=O. The van der Waals surface area contributed by atoms with Crippen molar-refractivity contribution in [2.24, 2.45) is 0 Å². The summed E-state index contributed by atoms with van der Waals surface area (Å²) >= 11 is 0. The number of carbonyl (C=O) groups is 1. The highest BCUT2D eigenvalue weighted by Gasteiger charge is 2.13. The molecule has 0 fully saturated rings. The maximum Gasteiger partial charge on any atom is 0.275 e. The van der Waals surface area contributed by atoms with Crippen LogP contribution in [0.25, 0.3) is 22.0 Å². The van der Waals surface area contributed by atoms with Crippen LogP contribution in [0.4, 0.5) is 0 Å². The van der Waals surface area contributed by atoms with Crippen LogP contribution >= 0.6 is 0 Å². The van der Waals surface area contributed by atoms with Gasteiger partial charge in [-0.3, -0.25) is 9.59 Å². The predicted octanol–water partition coefficient (Wildman–Crippen LogP) is 3.27. The first-order valence-electron chi connectivity index (χ1n) is 8.16. The van der Waals surface area contributed by atoms with Crippen LogP contribution in [-0.2, 0) is 6.54 Å². The summed E-state index contributed by atoms with van der Waals surface area (Å²) in [6.45, 7) is 2.43. The van der Waals surface area contributed by atoms with Gasteiger partial charge >= 0.3 is 0 Å². The molecule has 0 spiro atoms. The molecular formula is C20H21N3O2. The number of amides is 1. The number of nitrogens with one attached hydrogen (secondary N) is 1. The topological polar surface area (TPSA) is 58.1 Å². The summed E-state index contributed by atoms with van der Waals surface area (Å²) in [6, 6.07) is 9.39. The van der Waals surface area contributed by atoms with Gasteiger partial charge in [0.25, 0.3) is 11.5 Å². The van der Waals surface area contributed by atoms with E-state index in [9.17, 15) is 9.59 Å². The van der Waals surface area contributed by atoms with E-state index in [0.29, 0.717) is 17.6 Å². The summed E-state index contributed by atoms with van der Waals surface area (Å²) in [5.41, 5.74) is 2.98. The number of nitrogens with zero attached hydrogens (tertiary/aromatic N) is 2. The number of fused-ring (bicyclic) bond motifs is 1. The van der Waals surface area contributed by atoms with E-state index >= 15 is 0 Å². The van der Waals surface area contributed by atoms with Gasteiger partial charge in [-0.2, -0.15) is 0 Å². The lowest BCUT2D eigenvalue weighted by molar-refractivity contribution is 0.0827. The normalized spacial score (nSPS) is 11.3. The third-order valence-corrected chi connectivity index (χ3v) is 4.16. The minimum absolute atomic E-state index is 0.0469. The maximum atomic E-state index is 12.6. The van der Waals surface area contributed by atoms with Gasteiger partial charge in [0.05, 0.1) is 0 Å². The van der Waals surface area contributed by atoms with Crippen LogP contribution in [0.2, 0.25) is 0 Å². The average molecular weight is 335 g/mol. The smallest absolute Gasteiger partial charge is 0.275 e. The van der Waals surface area contributed by atoms with E-state index in [1.807, 2.05) is 49.5 Å². The Morgan fingerprint density at radius 2 is 2.08 bits per heavy atom. The second-order valence-electron chi connectivity index (χ2n) is 6.12. The van der Waals surface area contributed by atoms with Gasteiger partial charge in [-0.05, 0) is 30.7 Å². The van der Waals surface area contributed by atoms with E-state index in [2.05, 4.69) is 4.98 Å². The zero-order valence-corrected chi connectivity index (χ0v) is 14.6. The van der Waals surface area contributed by atoms with Crippen molar-refractivity contribution < 1.29 is 4.79 Å². The number of carbonyl (C=O) groups excluding carboxylic acids is 1. The molecule has 25 heavy (non-hydrogen) atoms. The third kappa shape index (κ3) is 3.13. The van der Waals surface area contributed by atoms with Crippen LogP contribution in [-0.4, -0.2) is 34.5 Å². The van der Waals surface area contributed by atoms with Gasteiger partial charge in [0.2, 0.25) is 0 Å². The Morgan fingerprint density at radius 1 is 1.28 bits per heavy atom. The minimum atomic E-state index is -0.0534. The zero-order chi connectivity index (χ0) is 18.0. The van der Waals surface area contributed by atoms with Crippen molar-refractivity contribution >= 4 is 16.8 Å². The molecule has 1 amide bonds. The number of H-pyrrole nitrogens is 1. The number of benzene rings is 1. The summed E-state index contributed by atoms with van der Waals surface area (Å²) in [6.07, 6.45) is 7.48. The highest BCUT2D eigenvalue weighted by molar-refractivity contribution is 5.98. The number of aromatic nitrogens is 2. The molecule has 2 heterocycles. The molecule has 1 N–H and O–H groups in total. The molecule has 0 aliphatic rings. The van der Waals surface area contributed by atoms with Gasteiger partial charge in [-0.15, -0.1) is 0 Å². The highest BCUT2D eigenvalue weighted by Crippen LogP contribution is 2.27. The Labute approximate surface area is 146 Å². The number of rotatable bonds is 4. The van der Waals surface area contributed by atoms with Gasteiger partial charge in [0.15, 0.2) is 0 Å². The van der Waals surface area contributed by atoms with Gasteiger partial charge < -0.3 is 14.5 Å². The van der Waals surface area contributed by atoms with E-state index in [1.165, 1.54) is 0 Å². The fraction of sp³-hybridized carbons (Fsp3) is 0.200. The summed E-state index contributed by atoms with van der Waals surface area (Å²) < 4.78 is 1.68. The molecule has 3 rings (SSSR count). The molecule has 128 valence electrons. The summed E-state index contributed by atoms with van der Waals surface area (Å²) in [5, 5.41) is 0.858. The Morgan fingerprint density at radius 3 is 2.80 bits per heavy atom. The Balaban J connectivity index is 2.20. The predicted molar refractivity (Wildman–Crippen MR) is 101 cm³/mol. The lowest BCUT2D eigenvalue weighted by Gasteiger charge is -2.13. The van der Waals surface area contributed by atoms with Gasteiger partial charge in [-0.1, -0.05) is 24.3 Å². The zero-order valence-electron chi connectivity index (χ0n) is 14.6. The molecule has 0 atom stereocenters. The third-order valence-electron chi connectivity index (χ3n) is 4.16. The summed E-state index contributed by atoms with van der Waals surface area (Å²) in [7, 11) is 3.47. The van der Waals surface area contributed by atoms with E-state index in [4.69, 9.17) is 0 Å². The standard InChI is InChI=1S/C20H21N3O2/c1-4-5-11-23-13-17(16-9-10-21-18(16)20(23)25)14-7-6-8-15(12-14)19(24)22(2)3/h4-10,12-13,21H,11H2,1-3H3/b5-4+. The Hall–Kier alpha value is -3.08. The summed E-state index contributed by atoms with van der Waals surface area (Å²) in [4.78, 5) is 29.4. The van der Waals surface area contributed by atoms with Crippen molar-refractivity contribution in [2.75, 3.05) is 14.1 Å². The largest absolute Gasteiger partial charge is 0.357 e. The second-order valence-corrected chi connectivity index (χ2v) is 6.12. The first-order chi connectivity index (χ1) is 12.0. The van der Waals surface area contributed by atoms with E-state index in [1.54, 1.807) is 35.8 Å². The molecule has 0 aliphatic heterocycles. The lowest BCUT2D eigenvalue weighted by Crippen LogP contribution is -2.21. The van der Waals surface area contributed by atoms with Crippen molar-refractivity contribution in [3.63, 3.8) is 0 Å². The van der Waals surface area contributed by atoms with E-state index < -0.39 is 0 Å². The van der Waals surface area contributed by atoms with Crippen LogP contribution in [0.1, 0.15) is 17.3 Å². The van der Waals surface area contributed by atoms with Crippen LogP contribution in [0.15, 0.2) is 59.7 Å². The first-order valence-corrected chi connectivity index (χ1v) is 8.16. The van der Waals surface area contributed by atoms with E-state index in [0.717, 1.165) is 16.5 Å². The monoisotopic (exact) mass is 335 g/mol. The molecule has 0 radical (unpaired) electrons. The molecule has 1 aromatic carbocycles. The Kier molecular flexibility index (Phi) is 4.57. The van der Waals surface area contributed by atoms with Crippen molar-refractivity contribution in [2.45, 2.75) is 13.5 Å². The summed E-state index contributed by atoms with van der Waals surface area (Å²) in [5.74, 6) is -0.0469. The molecule has 0 saturated heterocycles. The van der Waals surface area contributed by atoms with Gasteiger partial charge in [-0.25, -0.2) is 0 Å². The van der Waals surface area contributed by atoms with Crippen molar-refractivity contribution in [1.82, 2.24) is 14.5 Å². The second kappa shape index (κ2) is 6.81. The minimum Gasteiger partial charge on any atom is -0.357 e. The lowest BCUT2D eigenvalue weighted by atomic mass is 10.0. The fourth-order valence-corrected chi connectivity index (χ4v) is 2.86. The number of aromatic amines is 1. The van der Waals surface area contributed by atoms with Crippen LogP contribution < -0.4 is 5.56 Å². The molecule has 0 aliphatic carbocycles. The molecular weight excluding hydrogens is 314 g/mol. The van der Waals surface area contributed by atoms with Crippen molar-refractivity contribution in [3.05, 3.63) is 70.8 Å². The molecule has 0 bridgehead atoms. The van der Waals surface area contributed by atoms with Crippen LogP contribution in [0, 0.1) is 0 Å². The van der Waals surface area contributed by atoms with Crippen LogP contribution in [0.5, 0.6) is 0 Å². The quantitative estimate of drug-likeness (QED) is 0.744. The molecule has 2 aromatic heterocycles. The van der Waals surface area contributed by atoms with E-state index in [-0.39, 0.29) is 11.5 Å². The highest BCUT2D eigenvalue weighted by atomic mass is 16.2. The molecule has 3 aromatic rings. The molecule has 5 heteroatoms. The number of hydrogen-bond donors (Lipinski definition) is 1. The first kappa shape index (κ1) is 16.8. The van der Waals surface area contributed by atoms with Gasteiger partial charge in [0, 0.05) is 49.5 Å². The fourth-order valence-electron chi connectivity index (χ4n) is 2.86. The molecule has 0 saturated carbocycles. The number of pyridine rings is 1. The average Bonchev–Trinajstić information content (AvgIpc) is 3.11. The number of allylic oxidation sites excluding steroid dienone is 2. The van der Waals surface area contributed by atoms with Crippen LogP contribution in [0.3, 0.4) is 0 Å². The van der Waals surface area contributed by atoms with Crippen molar-refractivity contribution in [3.8, 4) is 11.1 Å². The number of hydrogen-bond acceptors (Lipinski definition) is 2. The molecule has 0 unspecified atom stereocenters. The van der Waals surface area contributed by atoms with Crippen molar-refractivity contribution in [1.29, 1.82) is 0 Å². The van der Waals surface area contributed by atoms with Gasteiger partial charge in [0.1, 0.15) is 5.52 Å². The molecule has 5 nitrogen and oxygen atoms in total. The maximum absolute atomic E-state index is 12.6. The Bertz CT molecular complexity index is 1010.